The van der Waals surface area contributed by atoms with Crippen molar-refractivity contribution in [1.29, 1.82) is 0 Å². The Balaban J connectivity index is 1.81. The lowest BCUT2D eigenvalue weighted by atomic mass is 10.2. The number of aliphatic hydroxyl groups is 2. The van der Waals surface area contributed by atoms with Gasteiger partial charge in [0.1, 0.15) is 5.75 Å². The maximum absolute atomic E-state index is 11.9. The average molecular weight is 280 g/mol. The van der Waals surface area contributed by atoms with Crippen molar-refractivity contribution in [2.45, 2.75) is 18.6 Å². The van der Waals surface area contributed by atoms with E-state index < -0.39 is 12.2 Å². The third kappa shape index (κ3) is 3.69. The first-order valence-electron chi connectivity index (χ1n) is 6.61. The fourth-order valence-corrected chi connectivity index (χ4v) is 2.25. The third-order valence-electron chi connectivity index (χ3n) is 3.37. The van der Waals surface area contributed by atoms with Crippen LogP contribution in [0.25, 0.3) is 0 Å². The van der Waals surface area contributed by atoms with Gasteiger partial charge >= 0.3 is 0 Å². The van der Waals surface area contributed by atoms with E-state index in [0.717, 1.165) is 0 Å². The van der Waals surface area contributed by atoms with Crippen LogP contribution in [0.4, 0.5) is 5.69 Å². The number of rotatable bonds is 5. The van der Waals surface area contributed by atoms with Crippen molar-refractivity contribution in [1.82, 2.24) is 4.90 Å². The zero-order chi connectivity index (χ0) is 14.5. The summed E-state index contributed by atoms with van der Waals surface area (Å²) in [6, 6.07) is 7.22. The van der Waals surface area contributed by atoms with E-state index in [4.69, 9.17) is 4.74 Å². The van der Waals surface area contributed by atoms with Gasteiger partial charge in [0.05, 0.1) is 25.0 Å². The molecule has 1 amide bonds. The van der Waals surface area contributed by atoms with Crippen molar-refractivity contribution in [3.63, 3.8) is 0 Å². The molecule has 1 heterocycles. The van der Waals surface area contributed by atoms with Crippen LogP contribution in [-0.4, -0.2) is 60.0 Å². The number of aliphatic hydroxyl groups excluding tert-OH is 2. The second kappa shape index (κ2) is 6.69. The number of hydrogen-bond donors (Lipinski definition) is 3. The van der Waals surface area contributed by atoms with E-state index in [9.17, 15) is 15.0 Å². The van der Waals surface area contributed by atoms with Crippen molar-refractivity contribution in [2.75, 3.05) is 32.1 Å². The van der Waals surface area contributed by atoms with Gasteiger partial charge in [-0.25, -0.2) is 0 Å². The molecule has 1 aromatic carbocycles. The summed E-state index contributed by atoms with van der Waals surface area (Å²) in [5, 5.41) is 21.6. The second-order valence-corrected chi connectivity index (χ2v) is 4.89. The Morgan fingerprint density at radius 1 is 1.35 bits per heavy atom. The van der Waals surface area contributed by atoms with E-state index in [1.165, 1.54) is 0 Å². The molecule has 0 bridgehead atoms. The monoisotopic (exact) mass is 280 g/mol. The maximum Gasteiger partial charge on any atom is 0.225 e. The highest BCUT2D eigenvalue weighted by Gasteiger charge is 2.29. The van der Waals surface area contributed by atoms with E-state index in [1.54, 1.807) is 19.2 Å². The molecule has 0 saturated carbocycles. The van der Waals surface area contributed by atoms with Crippen molar-refractivity contribution in [3.8, 4) is 5.75 Å². The zero-order valence-electron chi connectivity index (χ0n) is 11.5. The number of nitrogens with one attached hydrogen (secondary N) is 1. The fourth-order valence-electron chi connectivity index (χ4n) is 2.25. The number of carbonyl (C=O) groups excluding carboxylic acids is 1. The van der Waals surface area contributed by atoms with Gasteiger partial charge < -0.3 is 20.3 Å². The van der Waals surface area contributed by atoms with E-state index in [-0.39, 0.29) is 5.91 Å². The highest BCUT2D eigenvalue weighted by molar-refractivity contribution is 5.92. The predicted molar refractivity (Wildman–Crippen MR) is 74.7 cm³/mol. The molecule has 3 N–H and O–H groups in total. The van der Waals surface area contributed by atoms with Crippen molar-refractivity contribution in [2.24, 2.45) is 0 Å². The number of nitrogens with zero attached hydrogens (tertiary/aromatic N) is 1. The molecule has 1 saturated heterocycles. The number of amides is 1. The molecule has 0 aliphatic carbocycles. The van der Waals surface area contributed by atoms with Gasteiger partial charge in [-0.15, -0.1) is 0 Å². The molecular formula is C14H20N2O4. The summed E-state index contributed by atoms with van der Waals surface area (Å²) in [4.78, 5) is 13.8. The summed E-state index contributed by atoms with van der Waals surface area (Å²) in [6.45, 7) is 1.32. The van der Waals surface area contributed by atoms with Crippen LogP contribution in [0, 0.1) is 0 Å². The lowest BCUT2D eigenvalue weighted by molar-refractivity contribution is -0.116. The number of benzene rings is 1. The van der Waals surface area contributed by atoms with Crippen LogP contribution in [0.5, 0.6) is 5.75 Å². The van der Waals surface area contributed by atoms with E-state index in [1.807, 2.05) is 17.0 Å². The molecule has 0 radical (unpaired) electrons. The number of likely N-dealkylation sites (tertiary alicyclic amines) is 1. The first kappa shape index (κ1) is 14.8. The molecule has 1 aromatic rings. The van der Waals surface area contributed by atoms with Crippen molar-refractivity contribution >= 4 is 11.6 Å². The zero-order valence-corrected chi connectivity index (χ0v) is 11.5. The largest absolute Gasteiger partial charge is 0.495 e. The first-order valence-corrected chi connectivity index (χ1v) is 6.61. The minimum atomic E-state index is -0.715. The summed E-state index contributed by atoms with van der Waals surface area (Å²) in [6.07, 6.45) is -1.13. The standard InChI is InChI=1S/C14H20N2O4/c1-20-13-5-3-2-4-10(13)15-14(19)6-7-16-8-11(17)12(18)9-16/h2-5,11-12,17-18H,6-9H2,1H3,(H,15,19)/t11-,12+. The number of ether oxygens (including phenoxy) is 1. The molecule has 2 atom stereocenters. The van der Waals surface area contributed by atoms with Crippen LogP contribution < -0.4 is 10.1 Å². The predicted octanol–water partition coefficient (Wildman–Crippen LogP) is 0.0612. The van der Waals surface area contributed by atoms with Gasteiger partial charge in [-0.05, 0) is 12.1 Å². The lowest BCUT2D eigenvalue weighted by Gasteiger charge is -2.15. The average Bonchev–Trinajstić information content (AvgIpc) is 2.76. The summed E-state index contributed by atoms with van der Waals surface area (Å²) in [5.74, 6) is 0.498. The summed E-state index contributed by atoms with van der Waals surface area (Å²) >= 11 is 0. The van der Waals surface area contributed by atoms with Crippen LogP contribution in [0.15, 0.2) is 24.3 Å². The topological polar surface area (TPSA) is 82.0 Å². The minimum Gasteiger partial charge on any atom is -0.495 e. The van der Waals surface area contributed by atoms with E-state index >= 15 is 0 Å². The molecule has 1 aliphatic rings. The Labute approximate surface area is 118 Å². The highest BCUT2D eigenvalue weighted by atomic mass is 16.5. The number of β-amino-alcohol motifs (C(OH)–C–C–N with tert-alkyl or cyclic N) is 2. The normalized spacial score (nSPS) is 22.8. The molecule has 6 nitrogen and oxygen atoms in total. The number of para-hydroxylation sites is 2. The molecule has 0 spiro atoms. The molecule has 0 unspecified atom stereocenters. The molecule has 110 valence electrons. The van der Waals surface area contributed by atoms with Crippen LogP contribution >= 0.6 is 0 Å². The molecule has 2 rings (SSSR count). The van der Waals surface area contributed by atoms with Crippen LogP contribution in [0.3, 0.4) is 0 Å². The van der Waals surface area contributed by atoms with Gasteiger partial charge in [-0.3, -0.25) is 9.69 Å². The molecule has 1 fully saturated rings. The Bertz CT molecular complexity index is 456. The molecule has 6 heteroatoms. The SMILES string of the molecule is COc1ccccc1NC(=O)CCN1C[C@@H](O)[C@@H](O)C1. The Morgan fingerprint density at radius 2 is 2.00 bits per heavy atom. The van der Waals surface area contributed by atoms with Crippen molar-refractivity contribution < 1.29 is 19.7 Å². The van der Waals surface area contributed by atoms with Gasteiger partial charge in [-0.2, -0.15) is 0 Å². The van der Waals surface area contributed by atoms with Crippen molar-refractivity contribution in [3.05, 3.63) is 24.3 Å². The van der Waals surface area contributed by atoms with E-state index in [2.05, 4.69) is 5.32 Å². The van der Waals surface area contributed by atoms with Gasteiger partial charge in [0.25, 0.3) is 0 Å². The summed E-state index contributed by atoms with van der Waals surface area (Å²) in [7, 11) is 1.55. The van der Waals surface area contributed by atoms with Crippen LogP contribution in [-0.2, 0) is 4.79 Å². The van der Waals surface area contributed by atoms with Gasteiger partial charge in [0, 0.05) is 26.1 Å². The number of hydrogen-bond acceptors (Lipinski definition) is 5. The van der Waals surface area contributed by atoms with Gasteiger partial charge in [-0.1, -0.05) is 12.1 Å². The number of methoxy groups -OCH3 is 1. The summed E-state index contributed by atoms with van der Waals surface area (Å²) in [5.41, 5.74) is 0.640. The maximum atomic E-state index is 11.9. The van der Waals surface area contributed by atoms with Gasteiger partial charge in [0.2, 0.25) is 5.91 Å². The fraction of sp³-hybridized carbons (Fsp3) is 0.500. The number of carbonyl (C=O) groups is 1. The van der Waals surface area contributed by atoms with Crippen LogP contribution in [0.2, 0.25) is 0 Å². The quantitative estimate of drug-likeness (QED) is 0.710. The van der Waals surface area contributed by atoms with Gasteiger partial charge in [0.15, 0.2) is 0 Å². The third-order valence-corrected chi connectivity index (χ3v) is 3.37. The Morgan fingerprint density at radius 3 is 2.65 bits per heavy atom. The molecule has 20 heavy (non-hydrogen) atoms. The molecular weight excluding hydrogens is 260 g/mol. The molecule has 0 aromatic heterocycles. The Hall–Kier alpha value is -1.63. The first-order chi connectivity index (χ1) is 9.60. The second-order valence-electron chi connectivity index (χ2n) is 4.89. The number of anilines is 1. The molecule has 1 aliphatic heterocycles. The lowest BCUT2D eigenvalue weighted by Crippen LogP contribution is -2.27. The highest BCUT2D eigenvalue weighted by Crippen LogP contribution is 2.23. The summed E-state index contributed by atoms with van der Waals surface area (Å²) < 4.78 is 5.16. The van der Waals surface area contributed by atoms with E-state index in [0.29, 0.717) is 37.5 Å². The Kier molecular flexibility index (Phi) is 4.94. The minimum absolute atomic E-state index is 0.120. The van der Waals surface area contributed by atoms with Crippen LogP contribution in [0.1, 0.15) is 6.42 Å². The smallest absolute Gasteiger partial charge is 0.225 e.